The third-order valence-corrected chi connectivity index (χ3v) is 8.15. The van der Waals surface area contributed by atoms with E-state index in [0.717, 1.165) is 9.64 Å². The summed E-state index contributed by atoms with van der Waals surface area (Å²) in [6.45, 7) is 0.0968. The largest absolute Gasteiger partial charge is 0.487 e. The summed E-state index contributed by atoms with van der Waals surface area (Å²) in [7, 11) is -3.87. The number of sulfonamides is 1. The maximum Gasteiger partial charge on any atom is 0.238 e. The number of hydrogen-bond acceptors (Lipinski definition) is 4. The van der Waals surface area contributed by atoms with Gasteiger partial charge in [-0.25, -0.2) is 17.2 Å². The zero-order chi connectivity index (χ0) is 20.8. The van der Waals surface area contributed by atoms with Gasteiger partial charge in [0, 0.05) is 9.64 Å². The van der Waals surface area contributed by atoms with Crippen LogP contribution in [0.1, 0.15) is 19.3 Å². The summed E-state index contributed by atoms with van der Waals surface area (Å²) in [4.78, 5) is 0. The van der Waals surface area contributed by atoms with Gasteiger partial charge in [-0.3, -0.25) is 4.72 Å². The summed E-state index contributed by atoms with van der Waals surface area (Å²) < 4.78 is 62.9. The molecule has 154 valence electrons. The van der Waals surface area contributed by atoms with Crippen LogP contribution >= 0.6 is 34.2 Å². The Morgan fingerprint density at radius 3 is 2.66 bits per heavy atom. The number of hydrogen-bond donors (Lipinski definition) is 2. The molecule has 1 saturated carbocycles. The Balaban J connectivity index is 1.86. The number of ether oxygens (including phenoxy) is 1. The lowest BCUT2D eigenvalue weighted by Gasteiger charge is -2.23. The van der Waals surface area contributed by atoms with E-state index in [-0.39, 0.29) is 28.8 Å². The van der Waals surface area contributed by atoms with Gasteiger partial charge in [-0.2, -0.15) is 0 Å². The normalized spacial score (nSPS) is 20.1. The molecule has 0 radical (unpaired) electrons. The van der Waals surface area contributed by atoms with Crippen molar-refractivity contribution >= 4 is 61.3 Å². The smallest absolute Gasteiger partial charge is 0.238 e. The first-order valence-corrected chi connectivity index (χ1v) is 11.7. The van der Waals surface area contributed by atoms with Crippen LogP contribution in [0.4, 0.5) is 25.8 Å². The minimum atomic E-state index is -3.87. The van der Waals surface area contributed by atoms with Gasteiger partial charge in [-0.15, -0.1) is 0 Å². The first kappa shape index (κ1) is 20.7. The molecule has 29 heavy (non-hydrogen) atoms. The highest BCUT2D eigenvalue weighted by atomic mass is 127. The van der Waals surface area contributed by atoms with E-state index in [1.807, 2.05) is 0 Å². The molecule has 2 aromatic rings. The van der Waals surface area contributed by atoms with Crippen molar-refractivity contribution in [3.8, 4) is 5.75 Å². The predicted octanol–water partition coefficient (Wildman–Crippen LogP) is 5.58. The van der Waals surface area contributed by atoms with Crippen molar-refractivity contribution in [1.29, 1.82) is 0 Å². The van der Waals surface area contributed by atoms with E-state index in [4.69, 9.17) is 16.3 Å². The predicted molar refractivity (Wildman–Crippen MR) is 118 cm³/mol. The van der Waals surface area contributed by atoms with Gasteiger partial charge in [0.2, 0.25) is 10.0 Å². The van der Waals surface area contributed by atoms with Gasteiger partial charge in [-0.1, -0.05) is 23.8 Å². The molecule has 0 aromatic heterocycles. The molecule has 0 unspecified atom stereocenters. The number of halogens is 4. The Kier molecular flexibility index (Phi) is 5.41. The molecule has 0 bridgehead atoms. The molecule has 4 rings (SSSR count). The molecule has 1 aliphatic carbocycles. The summed E-state index contributed by atoms with van der Waals surface area (Å²) in [5, 5.41) is 3.01. The van der Waals surface area contributed by atoms with Crippen molar-refractivity contribution in [3.05, 3.63) is 56.6 Å². The molecule has 0 atom stereocenters. The average molecular weight is 553 g/mol. The first-order chi connectivity index (χ1) is 13.7. The van der Waals surface area contributed by atoms with Gasteiger partial charge < -0.3 is 10.1 Å². The minimum Gasteiger partial charge on any atom is -0.487 e. The minimum absolute atomic E-state index is 0.0968. The Bertz CT molecular complexity index is 1120. The second kappa shape index (κ2) is 7.59. The molecule has 2 aliphatic rings. The zero-order valence-electron chi connectivity index (χ0n) is 14.9. The van der Waals surface area contributed by atoms with Crippen molar-refractivity contribution < 1.29 is 21.9 Å². The molecule has 10 heteroatoms. The molecule has 0 saturated heterocycles. The number of rotatable bonds is 2. The highest BCUT2D eigenvalue weighted by Crippen LogP contribution is 2.49. The van der Waals surface area contributed by atoms with Gasteiger partial charge in [0.15, 0.2) is 11.6 Å². The second-order valence-electron chi connectivity index (χ2n) is 6.94. The quantitative estimate of drug-likeness (QED) is 0.377. The van der Waals surface area contributed by atoms with Gasteiger partial charge in [0.05, 0.1) is 15.5 Å². The topological polar surface area (TPSA) is 67.4 Å². The average Bonchev–Trinajstić information content (AvgIpc) is 3.44. The van der Waals surface area contributed by atoms with Gasteiger partial charge in [0.25, 0.3) is 0 Å². The lowest BCUT2D eigenvalue weighted by Crippen LogP contribution is -2.30. The Hall–Kier alpha value is -1.59. The van der Waals surface area contributed by atoms with E-state index in [9.17, 15) is 17.2 Å². The fourth-order valence-electron chi connectivity index (χ4n) is 3.13. The second-order valence-corrected chi connectivity index (χ2v) is 10.7. The van der Waals surface area contributed by atoms with Crippen LogP contribution in [0, 0.1) is 15.2 Å². The molecular weight excluding hydrogens is 537 g/mol. The molecule has 1 fully saturated rings. The SMILES string of the molecule is O=S1(=O)Nc2c(cc(F)c(F)c2Nc2ccc(I)cc2Cl)OC/C=C/CC12CC2. The molecular formula is C19H16ClF2IN2O3S. The van der Waals surface area contributed by atoms with Crippen molar-refractivity contribution in [1.82, 2.24) is 0 Å². The molecule has 2 aromatic carbocycles. The van der Waals surface area contributed by atoms with Gasteiger partial charge in [0.1, 0.15) is 23.7 Å². The fraction of sp³-hybridized carbons (Fsp3) is 0.263. The van der Waals surface area contributed by atoms with Crippen LogP contribution in [0.3, 0.4) is 0 Å². The van der Waals surface area contributed by atoms with Crippen LogP contribution in [-0.4, -0.2) is 19.8 Å². The van der Waals surface area contributed by atoms with E-state index in [0.29, 0.717) is 24.9 Å². The maximum atomic E-state index is 14.8. The highest BCUT2D eigenvalue weighted by molar-refractivity contribution is 14.1. The van der Waals surface area contributed by atoms with Crippen LogP contribution in [-0.2, 0) is 10.0 Å². The summed E-state index contributed by atoms with van der Waals surface area (Å²) in [6.07, 6.45) is 4.74. The van der Waals surface area contributed by atoms with Crippen molar-refractivity contribution in [2.75, 3.05) is 16.6 Å². The lowest BCUT2D eigenvalue weighted by molar-refractivity contribution is 0.360. The summed E-state index contributed by atoms with van der Waals surface area (Å²) >= 11 is 8.28. The van der Waals surface area contributed by atoms with Gasteiger partial charge in [-0.05, 0) is 60.1 Å². The summed E-state index contributed by atoms with van der Waals surface area (Å²) in [5.74, 6) is -2.52. The number of benzene rings is 2. The Morgan fingerprint density at radius 1 is 1.21 bits per heavy atom. The van der Waals surface area contributed by atoms with Crippen LogP contribution in [0.5, 0.6) is 5.75 Å². The lowest BCUT2D eigenvalue weighted by atomic mass is 10.2. The van der Waals surface area contributed by atoms with Crippen LogP contribution < -0.4 is 14.8 Å². The van der Waals surface area contributed by atoms with Crippen molar-refractivity contribution in [2.45, 2.75) is 24.0 Å². The van der Waals surface area contributed by atoms with Crippen molar-refractivity contribution in [2.24, 2.45) is 0 Å². The standard InChI is InChI=1S/C19H16ClF2IN2O3S/c20-12-9-11(23)3-4-14(12)24-18-16(22)13(21)10-15-17(18)25-29(26,27)19(6-7-19)5-1-2-8-28-15/h1-4,9-10,24-25H,5-8H2/b2-1+. The van der Waals surface area contributed by atoms with Gasteiger partial charge >= 0.3 is 0 Å². The Labute approximate surface area is 185 Å². The Morgan fingerprint density at radius 2 is 1.97 bits per heavy atom. The molecule has 2 N–H and O–H groups in total. The highest BCUT2D eigenvalue weighted by Gasteiger charge is 2.54. The maximum absolute atomic E-state index is 14.8. The molecule has 5 nitrogen and oxygen atoms in total. The number of allylic oxidation sites excluding steroid dienone is 1. The monoisotopic (exact) mass is 552 g/mol. The number of fused-ring (bicyclic) bond motifs is 1. The van der Waals surface area contributed by atoms with E-state index in [1.54, 1.807) is 30.4 Å². The van der Waals surface area contributed by atoms with E-state index in [1.165, 1.54) is 0 Å². The zero-order valence-corrected chi connectivity index (χ0v) is 18.7. The van der Waals surface area contributed by atoms with Crippen LogP contribution in [0.2, 0.25) is 5.02 Å². The van der Waals surface area contributed by atoms with E-state index < -0.39 is 26.4 Å². The third kappa shape index (κ3) is 3.91. The molecule has 0 amide bonds. The molecule has 1 spiro atoms. The van der Waals surface area contributed by atoms with E-state index >= 15 is 0 Å². The van der Waals surface area contributed by atoms with Crippen LogP contribution in [0.15, 0.2) is 36.4 Å². The third-order valence-electron chi connectivity index (χ3n) is 4.98. The fourth-order valence-corrected chi connectivity index (χ4v) is 5.68. The first-order valence-electron chi connectivity index (χ1n) is 8.77. The molecule has 1 aliphatic heterocycles. The number of anilines is 3. The number of nitrogens with one attached hydrogen (secondary N) is 2. The van der Waals surface area contributed by atoms with E-state index in [2.05, 4.69) is 32.6 Å². The summed E-state index contributed by atoms with van der Waals surface area (Å²) in [6, 6.07) is 5.81. The molecule has 1 heterocycles. The summed E-state index contributed by atoms with van der Waals surface area (Å²) in [5.41, 5.74) is -0.261. The van der Waals surface area contributed by atoms with Crippen LogP contribution in [0.25, 0.3) is 0 Å². The van der Waals surface area contributed by atoms with Crippen molar-refractivity contribution in [3.63, 3.8) is 0 Å².